The second kappa shape index (κ2) is 10.2. The first-order chi connectivity index (χ1) is 15.5. The topological polar surface area (TPSA) is 38.8 Å². The number of hydrogen-bond donors (Lipinski definition) is 0. The van der Waals surface area contributed by atoms with Gasteiger partial charge in [-0.3, -0.25) is 9.69 Å². The lowest BCUT2D eigenvalue weighted by Crippen LogP contribution is -2.27. The number of benzene rings is 3. The Morgan fingerprint density at radius 2 is 1.84 bits per heavy atom. The van der Waals surface area contributed by atoms with Crippen molar-refractivity contribution in [2.24, 2.45) is 0 Å². The van der Waals surface area contributed by atoms with Crippen LogP contribution in [0.25, 0.3) is 6.08 Å². The molecule has 0 atom stereocenters. The van der Waals surface area contributed by atoms with Crippen LogP contribution in [0.4, 0.5) is 5.69 Å². The molecule has 1 aliphatic rings. The molecule has 4 rings (SSSR count). The van der Waals surface area contributed by atoms with Crippen LogP contribution in [0.2, 0.25) is 0 Å². The van der Waals surface area contributed by atoms with Crippen LogP contribution >= 0.6 is 55.8 Å². The van der Waals surface area contributed by atoms with Crippen LogP contribution in [0.15, 0.2) is 80.6 Å². The minimum atomic E-state index is -0.155. The molecule has 1 heterocycles. The number of ether oxygens (including phenoxy) is 2. The number of halogens is 2. The third kappa shape index (κ3) is 5.09. The lowest BCUT2D eigenvalue weighted by atomic mass is 10.1. The first-order valence-corrected chi connectivity index (χ1v) is 12.3. The summed E-state index contributed by atoms with van der Waals surface area (Å²) in [6.07, 6.45) is 1.81. The number of carbonyl (C=O) groups is 1. The van der Waals surface area contributed by atoms with E-state index >= 15 is 0 Å². The molecule has 0 N–H and O–H groups in total. The number of carbonyl (C=O) groups excluding carboxylic acids is 1. The van der Waals surface area contributed by atoms with E-state index in [2.05, 4.69) is 31.9 Å². The van der Waals surface area contributed by atoms with Gasteiger partial charge in [0, 0.05) is 4.47 Å². The summed E-state index contributed by atoms with van der Waals surface area (Å²) in [5.74, 6) is 1.02. The quantitative estimate of drug-likeness (QED) is 0.224. The van der Waals surface area contributed by atoms with Crippen molar-refractivity contribution in [3.63, 3.8) is 0 Å². The maximum absolute atomic E-state index is 13.1. The molecule has 0 aliphatic carbocycles. The van der Waals surface area contributed by atoms with Crippen molar-refractivity contribution in [2.75, 3.05) is 12.0 Å². The molecule has 0 aromatic heterocycles. The average molecular weight is 591 g/mol. The van der Waals surface area contributed by atoms with Gasteiger partial charge in [-0.15, -0.1) is 0 Å². The van der Waals surface area contributed by atoms with E-state index in [1.165, 1.54) is 11.8 Å². The normalized spacial score (nSPS) is 14.8. The van der Waals surface area contributed by atoms with Crippen molar-refractivity contribution in [1.82, 2.24) is 0 Å². The van der Waals surface area contributed by atoms with Crippen LogP contribution in [0.1, 0.15) is 11.1 Å². The molecule has 3 aromatic carbocycles. The van der Waals surface area contributed by atoms with Crippen LogP contribution in [0.5, 0.6) is 11.5 Å². The standard InChI is InChI=1S/C24H17Br2NO3S2/c1-29-20-11-16(10-19(26)22(20)30-14-15-6-3-2-4-7-15)12-21-23(28)27(24(31)32-21)18-9-5-8-17(25)13-18/h2-13H,14H2,1H3/b21-12+. The number of amides is 1. The summed E-state index contributed by atoms with van der Waals surface area (Å²) in [5.41, 5.74) is 2.59. The number of methoxy groups -OCH3 is 1. The molecule has 0 unspecified atom stereocenters. The van der Waals surface area contributed by atoms with Gasteiger partial charge in [-0.25, -0.2) is 0 Å². The molecule has 4 nitrogen and oxygen atoms in total. The molecule has 0 saturated carbocycles. The second-order valence-corrected chi connectivity index (χ2v) is 10.3. The smallest absolute Gasteiger partial charge is 0.270 e. The average Bonchev–Trinajstić information content (AvgIpc) is 3.06. The Bertz CT molecular complexity index is 1220. The van der Waals surface area contributed by atoms with E-state index in [9.17, 15) is 4.79 Å². The van der Waals surface area contributed by atoms with E-state index in [0.717, 1.165) is 25.8 Å². The highest BCUT2D eigenvalue weighted by atomic mass is 79.9. The molecule has 32 heavy (non-hydrogen) atoms. The first-order valence-electron chi connectivity index (χ1n) is 9.54. The van der Waals surface area contributed by atoms with E-state index in [-0.39, 0.29) is 5.91 Å². The largest absolute Gasteiger partial charge is 0.493 e. The van der Waals surface area contributed by atoms with Gasteiger partial charge in [-0.1, -0.05) is 76.3 Å². The van der Waals surface area contributed by atoms with Crippen molar-refractivity contribution in [3.8, 4) is 11.5 Å². The van der Waals surface area contributed by atoms with Gasteiger partial charge in [0.05, 0.1) is 22.2 Å². The van der Waals surface area contributed by atoms with Gasteiger partial charge in [-0.05, 0) is 63.5 Å². The van der Waals surface area contributed by atoms with Crippen molar-refractivity contribution in [2.45, 2.75) is 6.61 Å². The van der Waals surface area contributed by atoms with Crippen molar-refractivity contribution >= 4 is 77.8 Å². The fourth-order valence-electron chi connectivity index (χ4n) is 3.15. The molecule has 1 aliphatic heterocycles. The number of hydrogen-bond acceptors (Lipinski definition) is 5. The minimum Gasteiger partial charge on any atom is -0.493 e. The number of thiocarbonyl (C=S) groups is 1. The fraction of sp³-hybridized carbons (Fsp3) is 0.0833. The predicted octanol–water partition coefficient (Wildman–Crippen LogP) is 7.21. The van der Waals surface area contributed by atoms with Crippen LogP contribution in [0, 0.1) is 0 Å². The summed E-state index contributed by atoms with van der Waals surface area (Å²) in [5, 5.41) is 0. The van der Waals surface area contributed by atoms with E-state index in [4.69, 9.17) is 21.7 Å². The van der Waals surface area contributed by atoms with Crippen LogP contribution in [-0.4, -0.2) is 17.3 Å². The van der Waals surface area contributed by atoms with E-state index in [1.807, 2.05) is 72.8 Å². The lowest BCUT2D eigenvalue weighted by Gasteiger charge is -2.15. The van der Waals surface area contributed by atoms with Crippen LogP contribution in [-0.2, 0) is 11.4 Å². The van der Waals surface area contributed by atoms with Gasteiger partial charge in [0.15, 0.2) is 15.8 Å². The third-order valence-electron chi connectivity index (χ3n) is 4.64. The Morgan fingerprint density at radius 3 is 2.56 bits per heavy atom. The van der Waals surface area contributed by atoms with E-state index in [1.54, 1.807) is 12.0 Å². The maximum atomic E-state index is 13.1. The van der Waals surface area contributed by atoms with Gasteiger partial charge in [0.1, 0.15) is 6.61 Å². The Labute approximate surface area is 212 Å². The fourth-order valence-corrected chi connectivity index (χ4v) is 5.41. The predicted molar refractivity (Wildman–Crippen MR) is 141 cm³/mol. The summed E-state index contributed by atoms with van der Waals surface area (Å²) >= 11 is 13.8. The summed E-state index contributed by atoms with van der Waals surface area (Å²) in [6.45, 7) is 0.417. The molecule has 3 aromatic rings. The first kappa shape index (κ1) is 23.0. The lowest BCUT2D eigenvalue weighted by molar-refractivity contribution is -0.113. The number of rotatable bonds is 6. The Hall–Kier alpha value is -2.13. The Morgan fingerprint density at radius 1 is 1.06 bits per heavy atom. The highest BCUT2D eigenvalue weighted by molar-refractivity contribution is 9.10. The molecule has 1 fully saturated rings. The molecule has 1 amide bonds. The van der Waals surface area contributed by atoms with E-state index < -0.39 is 0 Å². The Balaban J connectivity index is 1.59. The molecular formula is C24H17Br2NO3S2. The van der Waals surface area contributed by atoms with Crippen molar-refractivity contribution in [3.05, 3.63) is 91.7 Å². The van der Waals surface area contributed by atoms with Gasteiger partial charge >= 0.3 is 0 Å². The molecule has 8 heteroatoms. The maximum Gasteiger partial charge on any atom is 0.270 e. The Kier molecular flexibility index (Phi) is 7.35. The zero-order chi connectivity index (χ0) is 22.7. The van der Waals surface area contributed by atoms with E-state index in [0.29, 0.717) is 27.3 Å². The summed E-state index contributed by atoms with van der Waals surface area (Å²) in [6, 6.07) is 21.2. The second-order valence-electron chi connectivity index (χ2n) is 6.81. The molecule has 0 radical (unpaired) electrons. The van der Waals surface area contributed by atoms with Crippen LogP contribution in [0.3, 0.4) is 0 Å². The zero-order valence-corrected chi connectivity index (χ0v) is 21.7. The monoisotopic (exact) mass is 589 g/mol. The number of thioether (sulfide) groups is 1. The van der Waals surface area contributed by atoms with Crippen molar-refractivity contribution in [1.29, 1.82) is 0 Å². The van der Waals surface area contributed by atoms with Gasteiger partial charge in [-0.2, -0.15) is 0 Å². The van der Waals surface area contributed by atoms with Crippen molar-refractivity contribution < 1.29 is 14.3 Å². The molecule has 162 valence electrons. The SMILES string of the molecule is COc1cc(/C=C2/SC(=S)N(c3cccc(Br)c3)C2=O)cc(Br)c1OCc1ccccc1. The molecular weight excluding hydrogens is 574 g/mol. The minimum absolute atomic E-state index is 0.155. The summed E-state index contributed by atoms with van der Waals surface area (Å²) in [4.78, 5) is 15.1. The highest BCUT2D eigenvalue weighted by Crippen LogP contribution is 2.40. The summed E-state index contributed by atoms with van der Waals surface area (Å²) < 4.78 is 13.7. The highest BCUT2D eigenvalue weighted by Gasteiger charge is 2.33. The molecule has 1 saturated heterocycles. The van der Waals surface area contributed by atoms with Gasteiger partial charge in [0.2, 0.25) is 0 Å². The van der Waals surface area contributed by atoms with Gasteiger partial charge in [0.25, 0.3) is 5.91 Å². The molecule has 0 spiro atoms. The zero-order valence-electron chi connectivity index (χ0n) is 16.9. The van der Waals surface area contributed by atoms with Crippen LogP contribution < -0.4 is 14.4 Å². The molecule has 0 bridgehead atoms. The van der Waals surface area contributed by atoms with Gasteiger partial charge < -0.3 is 9.47 Å². The third-order valence-corrected chi connectivity index (χ3v) is 7.02. The number of anilines is 1. The summed E-state index contributed by atoms with van der Waals surface area (Å²) in [7, 11) is 1.59. The number of nitrogens with zero attached hydrogens (tertiary/aromatic N) is 1.